The Morgan fingerprint density at radius 1 is 1.23 bits per heavy atom. The second-order valence-electron chi connectivity index (χ2n) is 3.37. The Bertz CT molecular complexity index is 264. The summed E-state index contributed by atoms with van der Waals surface area (Å²) in [6, 6.07) is 3.84. The molecular weight excluding hydrogens is 172 g/mol. The molecule has 0 saturated carbocycles. The van der Waals surface area contributed by atoms with Gasteiger partial charge >= 0.3 is 0 Å². The van der Waals surface area contributed by atoms with E-state index in [2.05, 4.69) is 5.32 Å². The quantitative estimate of drug-likeness (QED) is 0.763. The molecule has 1 aromatic rings. The predicted molar refractivity (Wildman–Crippen MR) is 49.7 cm³/mol. The van der Waals surface area contributed by atoms with E-state index >= 15 is 0 Å². The third-order valence-electron chi connectivity index (χ3n) is 1.65. The lowest BCUT2D eigenvalue weighted by Crippen LogP contribution is -2.10. The van der Waals surface area contributed by atoms with Crippen molar-refractivity contribution in [3.8, 4) is 0 Å². The molecule has 0 radical (unpaired) electrons. The molecule has 0 aromatic heterocycles. The van der Waals surface area contributed by atoms with Crippen molar-refractivity contribution >= 4 is 5.69 Å². The summed E-state index contributed by atoms with van der Waals surface area (Å²) in [6.45, 7) is 4.52. The molecule has 0 aliphatic rings. The van der Waals surface area contributed by atoms with Crippen molar-refractivity contribution in [1.82, 2.24) is 0 Å². The summed E-state index contributed by atoms with van der Waals surface area (Å²) in [6.07, 6.45) is 0. The minimum atomic E-state index is -0.541. The SMILES string of the molecule is CC(C)CNc1c(F)cccc1F. The van der Waals surface area contributed by atoms with Gasteiger partial charge in [0.15, 0.2) is 0 Å². The first-order valence-corrected chi connectivity index (χ1v) is 4.29. The highest BCUT2D eigenvalue weighted by atomic mass is 19.1. The van der Waals surface area contributed by atoms with Gasteiger partial charge < -0.3 is 5.32 Å². The Morgan fingerprint density at radius 3 is 2.23 bits per heavy atom. The van der Waals surface area contributed by atoms with Gasteiger partial charge in [-0.15, -0.1) is 0 Å². The highest BCUT2D eigenvalue weighted by molar-refractivity contribution is 5.45. The van der Waals surface area contributed by atoms with Gasteiger partial charge in [-0.25, -0.2) is 8.78 Å². The molecule has 0 aliphatic heterocycles. The fourth-order valence-corrected chi connectivity index (χ4v) is 0.973. The minimum Gasteiger partial charge on any atom is -0.380 e. The number of para-hydroxylation sites is 1. The van der Waals surface area contributed by atoms with Gasteiger partial charge in [-0.05, 0) is 18.1 Å². The van der Waals surface area contributed by atoms with Crippen molar-refractivity contribution in [3.63, 3.8) is 0 Å². The first-order valence-electron chi connectivity index (χ1n) is 4.29. The standard InChI is InChI=1S/C10H13F2N/c1-7(2)6-13-10-8(11)4-3-5-9(10)12/h3-5,7,13H,6H2,1-2H3. The third kappa shape index (κ3) is 2.68. The van der Waals surface area contributed by atoms with Crippen LogP contribution in [0.15, 0.2) is 18.2 Å². The summed E-state index contributed by atoms with van der Waals surface area (Å²) in [4.78, 5) is 0. The van der Waals surface area contributed by atoms with Crippen molar-refractivity contribution in [2.24, 2.45) is 5.92 Å². The van der Waals surface area contributed by atoms with E-state index in [9.17, 15) is 8.78 Å². The number of hydrogen-bond donors (Lipinski definition) is 1. The number of halogens is 2. The van der Waals surface area contributed by atoms with Gasteiger partial charge in [0.05, 0.1) is 0 Å². The number of benzene rings is 1. The molecule has 0 fully saturated rings. The number of rotatable bonds is 3. The van der Waals surface area contributed by atoms with E-state index in [1.807, 2.05) is 13.8 Å². The summed E-state index contributed by atoms with van der Waals surface area (Å²) < 4.78 is 26.0. The molecule has 0 heterocycles. The van der Waals surface area contributed by atoms with E-state index in [1.165, 1.54) is 18.2 Å². The molecule has 1 nitrogen and oxygen atoms in total. The van der Waals surface area contributed by atoms with Crippen LogP contribution >= 0.6 is 0 Å². The lowest BCUT2D eigenvalue weighted by atomic mass is 10.2. The predicted octanol–water partition coefficient (Wildman–Crippen LogP) is 3.03. The van der Waals surface area contributed by atoms with Crippen molar-refractivity contribution < 1.29 is 8.78 Å². The Kier molecular flexibility index (Phi) is 3.23. The van der Waals surface area contributed by atoms with Gasteiger partial charge in [-0.2, -0.15) is 0 Å². The van der Waals surface area contributed by atoms with Crippen molar-refractivity contribution in [3.05, 3.63) is 29.8 Å². The summed E-state index contributed by atoms with van der Waals surface area (Å²) >= 11 is 0. The molecule has 0 unspecified atom stereocenters. The summed E-state index contributed by atoms with van der Waals surface area (Å²) in [5.41, 5.74) is -0.0313. The lowest BCUT2D eigenvalue weighted by molar-refractivity contribution is 0.582. The molecule has 0 aliphatic carbocycles. The molecule has 0 amide bonds. The van der Waals surface area contributed by atoms with Crippen molar-refractivity contribution in [2.75, 3.05) is 11.9 Å². The maximum absolute atomic E-state index is 13.0. The molecule has 0 atom stereocenters. The zero-order valence-corrected chi connectivity index (χ0v) is 7.77. The van der Waals surface area contributed by atoms with Gasteiger partial charge in [-0.1, -0.05) is 19.9 Å². The molecule has 3 heteroatoms. The maximum atomic E-state index is 13.0. The molecule has 72 valence electrons. The highest BCUT2D eigenvalue weighted by Crippen LogP contribution is 2.17. The van der Waals surface area contributed by atoms with Crippen molar-refractivity contribution in [1.29, 1.82) is 0 Å². The number of hydrogen-bond acceptors (Lipinski definition) is 1. The maximum Gasteiger partial charge on any atom is 0.149 e. The fraction of sp³-hybridized carbons (Fsp3) is 0.400. The number of anilines is 1. The first-order chi connectivity index (χ1) is 6.11. The van der Waals surface area contributed by atoms with Crippen molar-refractivity contribution in [2.45, 2.75) is 13.8 Å². The van der Waals surface area contributed by atoms with E-state index in [4.69, 9.17) is 0 Å². The van der Waals surface area contributed by atoms with E-state index in [1.54, 1.807) is 0 Å². The smallest absolute Gasteiger partial charge is 0.149 e. The van der Waals surface area contributed by atoms with Crippen LogP contribution in [0.2, 0.25) is 0 Å². The second-order valence-corrected chi connectivity index (χ2v) is 3.37. The average Bonchev–Trinajstić information content (AvgIpc) is 2.03. The van der Waals surface area contributed by atoms with Crippen LogP contribution in [0.3, 0.4) is 0 Å². The van der Waals surface area contributed by atoms with Crippen LogP contribution in [0.4, 0.5) is 14.5 Å². The van der Waals surface area contributed by atoms with Crippen LogP contribution < -0.4 is 5.32 Å². The zero-order valence-electron chi connectivity index (χ0n) is 7.77. The highest BCUT2D eigenvalue weighted by Gasteiger charge is 2.07. The topological polar surface area (TPSA) is 12.0 Å². The van der Waals surface area contributed by atoms with Crippen LogP contribution in [0.1, 0.15) is 13.8 Å². The van der Waals surface area contributed by atoms with E-state index in [0.29, 0.717) is 12.5 Å². The van der Waals surface area contributed by atoms with E-state index in [0.717, 1.165) is 0 Å². The van der Waals surface area contributed by atoms with E-state index < -0.39 is 11.6 Å². The van der Waals surface area contributed by atoms with E-state index in [-0.39, 0.29) is 5.69 Å². The summed E-state index contributed by atoms with van der Waals surface area (Å²) in [7, 11) is 0. The first kappa shape index (κ1) is 9.96. The molecule has 0 saturated heterocycles. The van der Waals surface area contributed by atoms with Gasteiger partial charge in [0.2, 0.25) is 0 Å². The normalized spacial score (nSPS) is 10.5. The lowest BCUT2D eigenvalue weighted by Gasteiger charge is -2.10. The largest absolute Gasteiger partial charge is 0.380 e. The Labute approximate surface area is 76.8 Å². The molecule has 0 bridgehead atoms. The van der Waals surface area contributed by atoms with Crippen LogP contribution in [-0.2, 0) is 0 Å². The minimum absolute atomic E-state index is 0.0313. The molecular formula is C10H13F2N. The third-order valence-corrected chi connectivity index (χ3v) is 1.65. The molecule has 1 N–H and O–H groups in total. The van der Waals surface area contributed by atoms with Crippen LogP contribution in [0, 0.1) is 17.6 Å². The molecule has 1 aromatic carbocycles. The molecule has 0 spiro atoms. The average molecular weight is 185 g/mol. The number of nitrogens with one attached hydrogen (secondary N) is 1. The second kappa shape index (κ2) is 4.21. The Balaban J connectivity index is 2.75. The summed E-state index contributed by atoms with van der Waals surface area (Å²) in [5.74, 6) is -0.722. The molecule has 13 heavy (non-hydrogen) atoms. The zero-order chi connectivity index (χ0) is 9.84. The summed E-state index contributed by atoms with van der Waals surface area (Å²) in [5, 5.41) is 2.73. The monoisotopic (exact) mass is 185 g/mol. The van der Waals surface area contributed by atoms with Crippen LogP contribution in [0.5, 0.6) is 0 Å². The fourth-order valence-electron chi connectivity index (χ4n) is 0.973. The Hall–Kier alpha value is -1.12. The molecule has 1 rings (SSSR count). The van der Waals surface area contributed by atoms with Gasteiger partial charge in [0.1, 0.15) is 17.3 Å². The Morgan fingerprint density at radius 2 is 1.77 bits per heavy atom. The van der Waals surface area contributed by atoms with Gasteiger partial charge in [0.25, 0.3) is 0 Å². The van der Waals surface area contributed by atoms with Gasteiger partial charge in [0, 0.05) is 6.54 Å². The van der Waals surface area contributed by atoms with Crippen LogP contribution in [-0.4, -0.2) is 6.54 Å². The van der Waals surface area contributed by atoms with Crippen LogP contribution in [0.25, 0.3) is 0 Å². The van der Waals surface area contributed by atoms with Gasteiger partial charge in [-0.3, -0.25) is 0 Å².